The van der Waals surface area contributed by atoms with Crippen LogP contribution in [0.5, 0.6) is 11.5 Å². The summed E-state index contributed by atoms with van der Waals surface area (Å²) in [6.45, 7) is 1.78. The Kier molecular flexibility index (Phi) is 3.72. The van der Waals surface area contributed by atoms with Crippen molar-refractivity contribution in [2.75, 3.05) is 14.2 Å². The molecule has 0 atom stereocenters. The number of hydrogen-bond acceptors (Lipinski definition) is 7. The number of aryl methyl sites for hydroxylation is 1. The van der Waals surface area contributed by atoms with Gasteiger partial charge >= 0.3 is 0 Å². The molecule has 0 saturated heterocycles. The Morgan fingerprint density at radius 1 is 1.00 bits per heavy atom. The topological polar surface area (TPSA) is 83.4 Å². The summed E-state index contributed by atoms with van der Waals surface area (Å²) in [5, 5.41) is 12.2. The van der Waals surface area contributed by atoms with E-state index in [4.69, 9.17) is 30.0 Å². The third kappa shape index (κ3) is 2.50. The van der Waals surface area contributed by atoms with Crippen molar-refractivity contribution in [3.05, 3.63) is 29.0 Å². The normalized spacial score (nSPS) is 10.7. The Hall–Kier alpha value is -2.54. The van der Waals surface area contributed by atoms with E-state index in [1.807, 2.05) is 0 Å². The molecule has 7 nitrogen and oxygen atoms in total. The zero-order valence-electron chi connectivity index (χ0n) is 12.1. The van der Waals surface area contributed by atoms with Crippen molar-refractivity contribution in [2.24, 2.45) is 0 Å². The molecular weight excluding hydrogens is 310 g/mol. The minimum Gasteiger partial charge on any atom is -0.496 e. The van der Waals surface area contributed by atoms with Gasteiger partial charge in [0.25, 0.3) is 11.8 Å². The lowest BCUT2D eigenvalue weighted by Crippen LogP contribution is -1.91. The highest BCUT2D eigenvalue weighted by atomic mass is 35.5. The number of benzene rings is 1. The van der Waals surface area contributed by atoms with Crippen LogP contribution in [0.1, 0.15) is 5.76 Å². The molecule has 8 heteroatoms. The molecule has 0 aliphatic heterocycles. The van der Waals surface area contributed by atoms with Gasteiger partial charge in [0.2, 0.25) is 0 Å². The summed E-state index contributed by atoms with van der Waals surface area (Å²) in [7, 11) is 3.06. The number of halogens is 1. The van der Waals surface area contributed by atoms with E-state index in [0.29, 0.717) is 33.5 Å². The van der Waals surface area contributed by atoms with Crippen molar-refractivity contribution in [1.82, 2.24) is 15.4 Å². The monoisotopic (exact) mass is 321 g/mol. The van der Waals surface area contributed by atoms with Crippen LogP contribution in [0, 0.1) is 6.92 Å². The molecule has 114 valence electrons. The van der Waals surface area contributed by atoms with Crippen molar-refractivity contribution in [1.29, 1.82) is 0 Å². The zero-order valence-corrected chi connectivity index (χ0v) is 12.8. The van der Waals surface area contributed by atoms with Crippen molar-refractivity contribution >= 4 is 11.6 Å². The van der Waals surface area contributed by atoms with Gasteiger partial charge < -0.3 is 18.4 Å². The zero-order chi connectivity index (χ0) is 15.7. The number of rotatable bonds is 4. The molecule has 3 aromatic rings. The third-order valence-corrected chi connectivity index (χ3v) is 3.27. The Morgan fingerprint density at radius 2 is 1.73 bits per heavy atom. The second-order valence-electron chi connectivity index (χ2n) is 4.42. The first-order valence-electron chi connectivity index (χ1n) is 6.31. The number of methoxy groups -OCH3 is 2. The number of aromatic nitrogens is 3. The van der Waals surface area contributed by atoms with E-state index in [9.17, 15) is 0 Å². The Bertz CT molecular complexity index is 812. The maximum absolute atomic E-state index is 6.14. The lowest BCUT2D eigenvalue weighted by Gasteiger charge is -2.09. The number of nitrogens with zero attached hydrogens (tertiary/aromatic N) is 3. The van der Waals surface area contributed by atoms with E-state index in [2.05, 4.69) is 15.4 Å². The lowest BCUT2D eigenvalue weighted by atomic mass is 10.2. The van der Waals surface area contributed by atoms with E-state index in [1.165, 1.54) is 14.2 Å². The van der Waals surface area contributed by atoms with Gasteiger partial charge in [-0.1, -0.05) is 16.8 Å². The third-order valence-electron chi connectivity index (χ3n) is 2.98. The first-order valence-corrected chi connectivity index (χ1v) is 6.69. The Balaban J connectivity index is 2.04. The van der Waals surface area contributed by atoms with Crippen LogP contribution >= 0.6 is 11.6 Å². The van der Waals surface area contributed by atoms with Gasteiger partial charge in [0.1, 0.15) is 17.3 Å². The summed E-state index contributed by atoms with van der Waals surface area (Å²) in [5.74, 6) is 2.17. The molecule has 0 bridgehead atoms. The summed E-state index contributed by atoms with van der Waals surface area (Å²) >= 11 is 6.14. The highest BCUT2D eigenvalue weighted by Gasteiger charge is 2.19. The van der Waals surface area contributed by atoms with Crippen LogP contribution in [-0.4, -0.2) is 29.6 Å². The van der Waals surface area contributed by atoms with E-state index in [-0.39, 0.29) is 11.8 Å². The molecule has 0 fully saturated rings. The fraction of sp³-hybridized carbons (Fsp3) is 0.214. The molecule has 0 aliphatic carbocycles. The highest BCUT2D eigenvalue weighted by molar-refractivity contribution is 6.32. The van der Waals surface area contributed by atoms with Crippen LogP contribution in [0.25, 0.3) is 23.0 Å². The van der Waals surface area contributed by atoms with Gasteiger partial charge in [-0.3, -0.25) is 0 Å². The maximum Gasteiger partial charge on any atom is 0.270 e. The van der Waals surface area contributed by atoms with Crippen LogP contribution in [-0.2, 0) is 0 Å². The van der Waals surface area contributed by atoms with Gasteiger partial charge in [-0.2, -0.15) is 0 Å². The maximum atomic E-state index is 6.14. The van der Waals surface area contributed by atoms with E-state index < -0.39 is 0 Å². The van der Waals surface area contributed by atoms with E-state index in [1.54, 1.807) is 25.1 Å². The molecule has 3 rings (SSSR count). The van der Waals surface area contributed by atoms with Gasteiger partial charge in [0.05, 0.1) is 24.8 Å². The Morgan fingerprint density at radius 3 is 2.36 bits per heavy atom. The molecule has 0 saturated carbocycles. The van der Waals surface area contributed by atoms with Crippen molar-refractivity contribution in [3.8, 4) is 34.5 Å². The van der Waals surface area contributed by atoms with Crippen LogP contribution in [0.4, 0.5) is 0 Å². The predicted octanol–water partition coefficient (Wildman–Crippen LogP) is 3.37. The number of ether oxygens (including phenoxy) is 2. The molecule has 0 spiro atoms. The van der Waals surface area contributed by atoms with Crippen molar-refractivity contribution in [3.63, 3.8) is 0 Å². The van der Waals surface area contributed by atoms with Gasteiger partial charge in [0.15, 0.2) is 5.69 Å². The van der Waals surface area contributed by atoms with Crippen LogP contribution in [0.2, 0.25) is 5.02 Å². The van der Waals surface area contributed by atoms with Crippen LogP contribution in [0.15, 0.2) is 27.1 Å². The molecular formula is C14H12ClN3O4. The predicted molar refractivity (Wildman–Crippen MR) is 78.1 cm³/mol. The van der Waals surface area contributed by atoms with Crippen molar-refractivity contribution < 1.29 is 18.4 Å². The standard InChI is InChI=1S/C14H12ClN3O4/c1-7-4-10(18-22-7)14-17-16-13(21-14)8-5-9(15)12(20-3)6-11(8)19-2/h4-6H,1-3H3. The Labute approximate surface area is 130 Å². The lowest BCUT2D eigenvalue weighted by molar-refractivity contribution is 0.394. The highest BCUT2D eigenvalue weighted by Crippen LogP contribution is 2.38. The fourth-order valence-electron chi connectivity index (χ4n) is 1.93. The molecule has 2 heterocycles. The SMILES string of the molecule is COc1cc(OC)c(-c2nnc(-c3cc(C)on3)o2)cc1Cl. The molecule has 22 heavy (non-hydrogen) atoms. The molecule has 0 radical (unpaired) electrons. The quantitative estimate of drug-likeness (QED) is 0.728. The largest absolute Gasteiger partial charge is 0.496 e. The fourth-order valence-corrected chi connectivity index (χ4v) is 2.17. The molecule has 0 aliphatic rings. The van der Waals surface area contributed by atoms with Crippen LogP contribution < -0.4 is 9.47 Å². The van der Waals surface area contributed by atoms with Crippen LogP contribution in [0.3, 0.4) is 0 Å². The van der Waals surface area contributed by atoms with Gasteiger partial charge in [-0.15, -0.1) is 10.2 Å². The molecule has 0 unspecified atom stereocenters. The molecule has 0 N–H and O–H groups in total. The minimum absolute atomic E-state index is 0.251. The van der Waals surface area contributed by atoms with E-state index >= 15 is 0 Å². The minimum atomic E-state index is 0.251. The summed E-state index contributed by atoms with van der Waals surface area (Å²) in [6.07, 6.45) is 0. The molecule has 1 aromatic carbocycles. The van der Waals surface area contributed by atoms with Gasteiger partial charge in [-0.25, -0.2) is 0 Å². The second kappa shape index (κ2) is 5.69. The summed E-state index contributed by atoms with van der Waals surface area (Å²) in [5.41, 5.74) is 1.03. The first-order chi connectivity index (χ1) is 10.6. The summed E-state index contributed by atoms with van der Waals surface area (Å²) in [4.78, 5) is 0. The van der Waals surface area contributed by atoms with Gasteiger partial charge in [0, 0.05) is 12.1 Å². The first kappa shape index (κ1) is 14.4. The van der Waals surface area contributed by atoms with E-state index in [0.717, 1.165) is 0 Å². The summed E-state index contributed by atoms with van der Waals surface area (Å²) in [6, 6.07) is 5.00. The summed E-state index contributed by atoms with van der Waals surface area (Å²) < 4.78 is 21.1. The average molecular weight is 322 g/mol. The number of hydrogen-bond donors (Lipinski definition) is 0. The smallest absolute Gasteiger partial charge is 0.270 e. The molecule has 2 aromatic heterocycles. The van der Waals surface area contributed by atoms with Crippen molar-refractivity contribution in [2.45, 2.75) is 6.92 Å². The van der Waals surface area contributed by atoms with Gasteiger partial charge in [-0.05, 0) is 13.0 Å². The molecule has 0 amide bonds. The second-order valence-corrected chi connectivity index (χ2v) is 4.83. The average Bonchev–Trinajstić information content (AvgIpc) is 3.15.